The first-order valence-corrected chi connectivity index (χ1v) is 11.1. The van der Waals surface area contributed by atoms with Gasteiger partial charge in [-0.1, -0.05) is 78.3 Å². The Kier molecular flexibility index (Phi) is 5.87. The lowest BCUT2D eigenvalue weighted by Gasteiger charge is -2.32. The summed E-state index contributed by atoms with van der Waals surface area (Å²) < 4.78 is 1.16. The fourth-order valence-corrected chi connectivity index (χ4v) is 4.69. The minimum absolute atomic E-state index is 0.537. The number of hydrogen-bond acceptors (Lipinski definition) is 1. The fourth-order valence-electron chi connectivity index (χ4n) is 4.28. The molecule has 0 radical (unpaired) electrons. The van der Waals surface area contributed by atoms with Crippen LogP contribution in [-0.4, -0.2) is 6.54 Å². The molecule has 1 aliphatic rings. The van der Waals surface area contributed by atoms with E-state index in [1.165, 1.54) is 46.3 Å². The van der Waals surface area contributed by atoms with E-state index in [-0.39, 0.29) is 0 Å². The number of halogens is 1. The van der Waals surface area contributed by atoms with Crippen molar-refractivity contribution in [3.8, 4) is 0 Å². The highest BCUT2D eigenvalue weighted by Crippen LogP contribution is 2.32. The quantitative estimate of drug-likeness (QED) is 0.413. The molecule has 0 aromatic heterocycles. The first kappa shape index (κ1) is 19.3. The second kappa shape index (κ2) is 8.53. The molecule has 28 heavy (non-hydrogen) atoms. The molecule has 0 saturated carbocycles. The van der Waals surface area contributed by atoms with Crippen LogP contribution in [-0.2, 0) is 19.4 Å². The summed E-state index contributed by atoms with van der Waals surface area (Å²) >= 11 is 3.66. The van der Waals surface area contributed by atoms with E-state index in [0.717, 1.165) is 24.0 Å². The van der Waals surface area contributed by atoms with Gasteiger partial charge < -0.3 is 4.90 Å². The van der Waals surface area contributed by atoms with E-state index in [4.69, 9.17) is 0 Å². The van der Waals surface area contributed by atoms with Crippen molar-refractivity contribution in [2.45, 2.75) is 45.6 Å². The maximum Gasteiger partial charge on any atom is 0.0429 e. The first-order valence-electron chi connectivity index (χ1n) is 10.3. The summed E-state index contributed by atoms with van der Waals surface area (Å²) in [7, 11) is 0. The topological polar surface area (TPSA) is 3.24 Å². The van der Waals surface area contributed by atoms with Crippen molar-refractivity contribution in [1.29, 1.82) is 0 Å². The summed E-state index contributed by atoms with van der Waals surface area (Å²) in [5.74, 6) is 0.537. The molecule has 0 fully saturated rings. The normalized spacial score (nSPS) is 13.6. The number of rotatable bonds is 5. The largest absolute Gasteiger partial charge is 0.367 e. The van der Waals surface area contributed by atoms with Gasteiger partial charge in [-0.05, 0) is 71.2 Å². The molecule has 3 aromatic carbocycles. The van der Waals surface area contributed by atoms with Gasteiger partial charge in [0.15, 0.2) is 0 Å². The van der Waals surface area contributed by atoms with Crippen LogP contribution in [0.3, 0.4) is 0 Å². The average Bonchev–Trinajstić information content (AvgIpc) is 2.69. The molecule has 0 spiro atoms. The molecule has 0 aliphatic carbocycles. The van der Waals surface area contributed by atoms with Crippen LogP contribution in [0.2, 0.25) is 0 Å². The predicted molar refractivity (Wildman–Crippen MR) is 123 cm³/mol. The van der Waals surface area contributed by atoms with Gasteiger partial charge in [0.1, 0.15) is 0 Å². The van der Waals surface area contributed by atoms with Crippen LogP contribution in [0.5, 0.6) is 0 Å². The van der Waals surface area contributed by atoms with Gasteiger partial charge in [0.05, 0.1) is 0 Å². The third-order valence-corrected chi connectivity index (χ3v) is 6.20. The van der Waals surface area contributed by atoms with Crippen LogP contribution < -0.4 is 4.90 Å². The Labute approximate surface area is 177 Å². The maximum atomic E-state index is 3.66. The van der Waals surface area contributed by atoms with E-state index in [1.54, 1.807) is 0 Å². The summed E-state index contributed by atoms with van der Waals surface area (Å²) in [6.45, 7) is 6.69. The molecule has 0 amide bonds. The maximum absolute atomic E-state index is 3.66. The van der Waals surface area contributed by atoms with Gasteiger partial charge >= 0.3 is 0 Å². The first-order chi connectivity index (χ1) is 13.6. The average molecular weight is 434 g/mol. The Morgan fingerprint density at radius 3 is 2.54 bits per heavy atom. The van der Waals surface area contributed by atoms with Crippen LogP contribution in [0.25, 0.3) is 0 Å². The van der Waals surface area contributed by atoms with E-state index >= 15 is 0 Å². The Balaban J connectivity index is 1.63. The van der Waals surface area contributed by atoms with Crippen molar-refractivity contribution < 1.29 is 0 Å². The molecule has 3 aromatic rings. The molecule has 0 N–H and O–H groups in total. The Morgan fingerprint density at radius 2 is 1.75 bits per heavy atom. The Morgan fingerprint density at radius 1 is 0.929 bits per heavy atom. The van der Waals surface area contributed by atoms with Crippen molar-refractivity contribution >= 4 is 21.6 Å². The highest BCUT2D eigenvalue weighted by Gasteiger charge is 2.18. The van der Waals surface area contributed by atoms with E-state index < -0.39 is 0 Å². The van der Waals surface area contributed by atoms with Crippen molar-refractivity contribution in [2.75, 3.05) is 11.4 Å². The van der Waals surface area contributed by atoms with Crippen molar-refractivity contribution in [3.05, 3.63) is 99.0 Å². The summed E-state index contributed by atoms with van der Waals surface area (Å²) in [5.41, 5.74) is 8.57. The van der Waals surface area contributed by atoms with Gasteiger partial charge in [0.25, 0.3) is 0 Å². The van der Waals surface area contributed by atoms with Crippen molar-refractivity contribution in [2.24, 2.45) is 0 Å². The smallest absolute Gasteiger partial charge is 0.0429 e. The molecule has 1 heterocycles. The summed E-state index contributed by atoms with van der Waals surface area (Å²) in [4.78, 5) is 2.56. The molecule has 0 atom stereocenters. The zero-order valence-electron chi connectivity index (χ0n) is 16.8. The standard InChI is InChI=1S/C26H28BrN/c1-19(2)25-13-12-24(27)17-23(25)15-21-10-11-22-9-6-14-28(26(22)16-21)18-20-7-4-3-5-8-20/h3-5,7-8,10-13,16-17,19H,6,9,14-15,18H2,1-2H3. The minimum atomic E-state index is 0.537. The molecular weight excluding hydrogens is 406 g/mol. The summed E-state index contributed by atoms with van der Waals surface area (Å²) in [5, 5.41) is 0. The van der Waals surface area contributed by atoms with Gasteiger partial charge in [-0.2, -0.15) is 0 Å². The van der Waals surface area contributed by atoms with Crippen LogP contribution in [0.1, 0.15) is 54.0 Å². The lowest BCUT2D eigenvalue weighted by atomic mass is 9.91. The van der Waals surface area contributed by atoms with Gasteiger partial charge in [-0.25, -0.2) is 0 Å². The predicted octanol–water partition coefficient (Wildman–Crippen LogP) is 7.12. The fraction of sp³-hybridized carbons (Fsp3) is 0.308. The number of nitrogens with zero attached hydrogens (tertiary/aromatic N) is 1. The van der Waals surface area contributed by atoms with Crippen LogP contribution in [0.15, 0.2) is 71.2 Å². The summed E-state index contributed by atoms with van der Waals surface area (Å²) in [6.07, 6.45) is 3.41. The third kappa shape index (κ3) is 4.33. The monoisotopic (exact) mass is 433 g/mol. The number of hydrogen-bond donors (Lipinski definition) is 0. The number of anilines is 1. The summed E-state index contributed by atoms with van der Waals surface area (Å²) in [6, 6.07) is 24.7. The molecule has 1 aliphatic heterocycles. The number of fused-ring (bicyclic) bond motifs is 1. The highest BCUT2D eigenvalue weighted by molar-refractivity contribution is 9.10. The van der Waals surface area contributed by atoms with Gasteiger partial charge in [0, 0.05) is 23.2 Å². The van der Waals surface area contributed by atoms with Crippen LogP contribution in [0, 0.1) is 0 Å². The van der Waals surface area contributed by atoms with E-state index in [2.05, 4.69) is 101 Å². The van der Waals surface area contributed by atoms with Crippen LogP contribution in [0.4, 0.5) is 5.69 Å². The van der Waals surface area contributed by atoms with Crippen molar-refractivity contribution in [1.82, 2.24) is 0 Å². The Bertz CT molecular complexity index is 946. The molecule has 4 rings (SSSR count). The zero-order chi connectivity index (χ0) is 19.5. The SMILES string of the molecule is CC(C)c1ccc(Br)cc1Cc1ccc2c(c1)N(Cc1ccccc1)CCC2. The molecule has 0 bridgehead atoms. The third-order valence-electron chi connectivity index (χ3n) is 5.70. The molecular formula is C26H28BrN. The number of benzene rings is 3. The van der Waals surface area contributed by atoms with E-state index in [9.17, 15) is 0 Å². The van der Waals surface area contributed by atoms with Crippen molar-refractivity contribution in [3.63, 3.8) is 0 Å². The lowest BCUT2D eigenvalue weighted by molar-refractivity contribution is 0.690. The van der Waals surface area contributed by atoms with Gasteiger partial charge in [0.2, 0.25) is 0 Å². The minimum Gasteiger partial charge on any atom is -0.367 e. The molecule has 144 valence electrons. The van der Waals surface area contributed by atoms with Gasteiger partial charge in [-0.15, -0.1) is 0 Å². The highest BCUT2D eigenvalue weighted by atomic mass is 79.9. The molecule has 0 saturated heterocycles. The van der Waals surface area contributed by atoms with Gasteiger partial charge in [-0.3, -0.25) is 0 Å². The molecule has 0 unspecified atom stereocenters. The molecule has 2 heteroatoms. The zero-order valence-corrected chi connectivity index (χ0v) is 18.4. The Hall–Kier alpha value is -2.06. The lowest BCUT2D eigenvalue weighted by Crippen LogP contribution is -2.28. The molecule has 1 nitrogen and oxygen atoms in total. The number of aryl methyl sites for hydroxylation is 1. The van der Waals surface area contributed by atoms with Crippen LogP contribution >= 0.6 is 15.9 Å². The second-order valence-corrected chi connectivity index (χ2v) is 9.06. The van der Waals surface area contributed by atoms with E-state index in [0.29, 0.717) is 5.92 Å². The van der Waals surface area contributed by atoms with E-state index in [1.807, 2.05) is 0 Å². The second-order valence-electron chi connectivity index (χ2n) is 8.15.